The summed E-state index contributed by atoms with van der Waals surface area (Å²) in [6.45, 7) is 0.700. The van der Waals surface area contributed by atoms with E-state index in [1.165, 1.54) is 12.1 Å². The molecule has 3 N–H and O–H groups in total. The maximum absolute atomic E-state index is 13.1. The Balaban J connectivity index is 1.58. The first-order valence-electron chi connectivity index (χ1n) is 8.84. The number of aliphatic hydroxyl groups is 1. The van der Waals surface area contributed by atoms with Gasteiger partial charge in [0.2, 0.25) is 11.7 Å². The minimum Gasteiger partial charge on any atom is -0.595 e. The van der Waals surface area contributed by atoms with Gasteiger partial charge in [0.05, 0.1) is 12.1 Å². The normalized spacial score (nSPS) is 21.1. The Morgan fingerprint density at radius 2 is 1.96 bits per heavy atom. The Hall–Kier alpha value is -2.69. The molecular formula is C19H19FN4O4. The number of likely N-dealkylation sites (tertiary alicyclic amines) is 1. The van der Waals surface area contributed by atoms with Crippen molar-refractivity contribution in [3.8, 4) is 11.4 Å². The van der Waals surface area contributed by atoms with Gasteiger partial charge in [0.1, 0.15) is 5.82 Å². The molecule has 2 aromatic carbocycles. The van der Waals surface area contributed by atoms with Crippen molar-refractivity contribution in [3.05, 3.63) is 71.0 Å². The number of quaternary nitrogens is 1. The van der Waals surface area contributed by atoms with Gasteiger partial charge in [-0.1, -0.05) is 23.4 Å². The van der Waals surface area contributed by atoms with E-state index in [1.54, 1.807) is 36.4 Å². The fraction of sp³-hybridized carbons (Fsp3) is 0.263. The summed E-state index contributed by atoms with van der Waals surface area (Å²) in [6.07, 6.45) is -0.177. The Morgan fingerprint density at radius 3 is 2.71 bits per heavy atom. The Kier molecular flexibility index (Phi) is 5.16. The van der Waals surface area contributed by atoms with Crippen molar-refractivity contribution in [1.82, 2.24) is 15.0 Å². The van der Waals surface area contributed by atoms with E-state index in [4.69, 9.17) is 4.52 Å². The molecule has 1 fully saturated rings. The predicted octanol–water partition coefficient (Wildman–Crippen LogP) is 1.59. The van der Waals surface area contributed by atoms with E-state index in [1.807, 2.05) is 4.90 Å². The van der Waals surface area contributed by atoms with E-state index in [0.717, 1.165) is 0 Å². The predicted molar refractivity (Wildman–Crippen MR) is 95.7 cm³/mol. The van der Waals surface area contributed by atoms with Crippen LogP contribution >= 0.6 is 0 Å². The number of benzene rings is 2. The van der Waals surface area contributed by atoms with Gasteiger partial charge in [-0.2, -0.15) is 10.2 Å². The highest BCUT2D eigenvalue weighted by Gasteiger charge is 2.36. The SMILES string of the molecule is [O-][NH+](O)c1ccccc1CN1CC(O)CC1c1nc(-c2ccc(F)cc2)no1. The third-order valence-corrected chi connectivity index (χ3v) is 4.83. The fourth-order valence-electron chi connectivity index (χ4n) is 3.48. The van der Waals surface area contributed by atoms with Crippen molar-refractivity contribution in [2.24, 2.45) is 0 Å². The van der Waals surface area contributed by atoms with E-state index >= 15 is 0 Å². The number of β-amino-alcohol motifs (C(OH)–C–C–N with tert-alkyl or cyclic N) is 1. The molecule has 4 rings (SSSR count). The lowest BCUT2D eigenvalue weighted by Crippen LogP contribution is -2.99. The summed E-state index contributed by atoms with van der Waals surface area (Å²) < 4.78 is 18.5. The zero-order chi connectivity index (χ0) is 19.7. The molecule has 3 atom stereocenters. The van der Waals surface area contributed by atoms with Gasteiger partial charge >= 0.3 is 0 Å². The number of halogens is 1. The van der Waals surface area contributed by atoms with Crippen molar-refractivity contribution >= 4 is 5.69 Å². The molecule has 9 heteroatoms. The third kappa shape index (κ3) is 3.79. The number of aliphatic hydroxyl groups excluding tert-OH is 1. The van der Waals surface area contributed by atoms with Crippen LogP contribution in [0.2, 0.25) is 0 Å². The summed E-state index contributed by atoms with van der Waals surface area (Å²) in [4.78, 5) is 6.33. The second-order valence-electron chi connectivity index (χ2n) is 6.76. The average molecular weight is 386 g/mol. The second kappa shape index (κ2) is 7.74. The zero-order valence-electron chi connectivity index (χ0n) is 14.8. The summed E-state index contributed by atoms with van der Waals surface area (Å²) in [5.74, 6) is 0.320. The van der Waals surface area contributed by atoms with Gasteiger partial charge in [0.25, 0.3) is 0 Å². The van der Waals surface area contributed by atoms with Crippen LogP contribution in [0.3, 0.4) is 0 Å². The molecule has 1 aromatic heterocycles. The van der Waals surface area contributed by atoms with E-state index in [-0.39, 0.29) is 17.5 Å². The number of hydrogen-bond acceptors (Lipinski definition) is 7. The minimum absolute atomic E-state index is 0.222. The zero-order valence-corrected chi connectivity index (χ0v) is 14.8. The Bertz CT molecular complexity index is 947. The first kappa shape index (κ1) is 18.7. The highest BCUT2D eigenvalue weighted by Crippen LogP contribution is 2.34. The van der Waals surface area contributed by atoms with E-state index in [2.05, 4.69) is 10.1 Å². The molecule has 8 nitrogen and oxygen atoms in total. The lowest BCUT2D eigenvalue weighted by Gasteiger charge is -2.23. The highest BCUT2D eigenvalue weighted by atomic mass is 19.1. The number of hydrogen-bond donors (Lipinski definition) is 3. The first-order chi connectivity index (χ1) is 13.5. The highest BCUT2D eigenvalue weighted by molar-refractivity contribution is 5.53. The smallest absolute Gasteiger partial charge is 0.244 e. The van der Waals surface area contributed by atoms with Crippen molar-refractivity contribution in [1.29, 1.82) is 0 Å². The van der Waals surface area contributed by atoms with E-state index in [9.17, 15) is 19.9 Å². The molecule has 0 amide bonds. The molecule has 1 aliphatic rings. The van der Waals surface area contributed by atoms with Crippen LogP contribution in [0.1, 0.15) is 23.9 Å². The van der Waals surface area contributed by atoms with Gasteiger partial charge in [0.15, 0.2) is 5.69 Å². The number of nitrogens with one attached hydrogen (secondary N) is 1. The summed E-state index contributed by atoms with van der Waals surface area (Å²) in [7, 11) is 0. The van der Waals surface area contributed by atoms with Gasteiger partial charge in [-0.15, -0.1) is 0 Å². The molecule has 2 heterocycles. The van der Waals surface area contributed by atoms with Gasteiger partial charge in [-0.05, 0) is 30.7 Å². The molecule has 0 radical (unpaired) electrons. The van der Waals surface area contributed by atoms with Crippen LogP contribution in [-0.4, -0.2) is 38.0 Å². The monoisotopic (exact) mass is 386 g/mol. The molecule has 3 unspecified atom stereocenters. The average Bonchev–Trinajstić information content (AvgIpc) is 3.29. The van der Waals surface area contributed by atoms with Crippen molar-refractivity contribution in [2.45, 2.75) is 25.1 Å². The lowest BCUT2D eigenvalue weighted by atomic mass is 10.1. The van der Waals surface area contributed by atoms with Crippen molar-refractivity contribution in [3.63, 3.8) is 0 Å². The molecule has 1 aliphatic heterocycles. The minimum atomic E-state index is -0.997. The van der Waals surface area contributed by atoms with E-state index < -0.39 is 11.3 Å². The maximum Gasteiger partial charge on any atom is 0.244 e. The number of aromatic nitrogens is 2. The largest absolute Gasteiger partial charge is 0.595 e. The van der Waals surface area contributed by atoms with Gasteiger partial charge in [-0.3, -0.25) is 4.90 Å². The maximum atomic E-state index is 13.1. The lowest BCUT2D eigenvalue weighted by molar-refractivity contribution is -0.991. The summed E-state index contributed by atoms with van der Waals surface area (Å²) in [6, 6.07) is 12.2. The molecule has 0 saturated carbocycles. The van der Waals surface area contributed by atoms with Crippen LogP contribution < -0.4 is 5.23 Å². The molecule has 28 heavy (non-hydrogen) atoms. The molecular weight excluding hydrogens is 367 g/mol. The van der Waals surface area contributed by atoms with Gasteiger partial charge in [-0.25, -0.2) is 9.60 Å². The van der Waals surface area contributed by atoms with Crippen molar-refractivity contribution < 1.29 is 24.5 Å². The molecule has 0 spiro atoms. The van der Waals surface area contributed by atoms with Crippen LogP contribution in [0.25, 0.3) is 11.4 Å². The topological polar surface area (TPSA) is 110 Å². The second-order valence-corrected chi connectivity index (χ2v) is 6.76. The molecule has 3 aromatic rings. The Labute approximate surface area is 160 Å². The Morgan fingerprint density at radius 1 is 1.21 bits per heavy atom. The molecule has 1 saturated heterocycles. The van der Waals surface area contributed by atoms with Crippen LogP contribution in [-0.2, 0) is 6.54 Å². The summed E-state index contributed by atoms with van der Waals surface area (Å²) >= 11 is 0. The number of rotatable bonds is 5. The van der Waals surface area contributed by atoms with E-state index in [0.29, 0.717) is 42.4 Å². The van der Waals surface area contributed by atoms with Crippen LogP contribution in [0.4, 0.5) is 10.1 Å². The third-order valence-electron chi connectivity index (χ3n) is 4.83. The molecule has 0 bridgehead atoms. The number of para-hydroxylation sites is 1. The van der Waals surface area contributed by atoms with Gasteiger partial charge < -0.3 is 14.8 Å². The standard InChI is InChI=1S/C19H19FN4O4/c20-14-7-5-12(6-8-14)18-21-19(28-22-18)17-9-15(25)11-23(17)10-13-3-1-2-4-16(13)24(26)27/h1-8,15,17,24-26H,9-11H2. The molecule has 146 valence electrons. The first-order valence-corrected chi connectivity index (χ1v) is 8.84. The summed E-state index contributed by atoms with van der Waals surface area (Å²) in [5, 5.41) is 34.0. The van der Waals surface area contributed by atoms with Crippen LogP contribution in [0, 0.1) is 11.0 Å². The molecule has 0 aliphatic carbocycles. The van der Waals surface area contributed by atoms with Crippen LogP contribution in [0.5, 0.6) is 0 Å². The van der Waals surface area contributed by atoms with Crippen molar-refractivity contribution in [2.75, 3.05) is 6.54 Å². The summed E-state index contributed by atoms with van der Waals surface area (Å²) in [5.41, 5.74) is 1.49. The fourth-order valence-corrected chi connectivity index (χ4v) is 3.48. The van der Waals surface area contributed by atoms with Crippen LogP contribution in [0.15, 0.2) is 53.1 Å². The van der Waals surface area contributed by atoms with Gasteiger partial charge in [0, 0.05) is 30.3 Å². The quantitative estimate of drug-likeness (QED) is 0.571. The number of nitrogens with zero attached hydrogens (tertiary/aromatic N) is 3.